The van der Waals surface area contributed by atoms with Gasteiger partial charge in [0, 0.05) is 37.6 Å². The molecule has 0 aromatic carbocycles. The molecule has 2 rings (SSSR count). The van der Waals surface area contributed by atoms with Crippen LogP contribution >= 0.6 is 0 Å². The fourth-order valence-corrected chi connectivity index (χ4v) is 2.16. The van der Waals surface area contributed by atoms with E-state index in [-0.39, 0.29) is 5.54 Å². The number of nitrogens with zero attached hydrogens (tertiary/aromatic N) is 1. The summed E-state index contributed by atoms with van der Waals surface area (Å²) in [6.07, 6.45) is 5.74. The highest BCUT2D eigenvalue weighted by atomic mass is 16.5. The standard InChI is InChI=1S/C13H22N2O/c1-4-15-7-5-12(10-15)9-14-13(3)6-8-16-11(13)2/h5,7,10-11,14H,4,6,8-9H2,1-3H3. The molecule has 3 heteroatoms. The summed E-state index contributed by atoms with van der Waals surface area (Å²) in [5.74, 6) is 0. The summed E-state index contributed by atoms with van der Waals surface area (Å²) in [6.45, 7) is 9.40. The Morgan fingerprint density at radius 3 is 3.00 bits per heavy atom. The molecule has 1 aliphatic rings. The third-order valence-corrected chi connectivity index (χ3v) is 3.76. The predicted molar refractivity (Wildman–Crippen MR) is 65.4 cm³/mol. The average Bonchev–Trinajstić information content (AvgIpc) is 2.85. The largest absolute Gasteiger partial charge is 0.377 e. The van der Waals surface area contributed by atoms with Crippen molar-refractivity contribution in [2.45, 2.75) is 51.9 Å². The summed E-state index contributed by atoms with van der Waals surface area (Å²) >= 11 is 0. The third-order valence-electron chi connectivity index (χ3n) is 3.76. The van der Waals surface area contributed by atoms with Gasteiger partial charge in [0.1, 0.15) is 0 Å². The summed E-state index contributed by atoms with van der Waals surface area (Å²) < 4.78 is 7.82. The zero-order chi connectivity index (χ0) is 11.6. The van der Waals surface area contributed by atoms with Crippen molar-refractivity contribution in [3.05, 3.63) is 24.0 Å². The van der Waals surface area contributed by atoms with E-state index in [0.717, 1.165) is 26.1 Å². The van der Waals surface area contributed by atoms with E-state index in [4.69, 9.17) is 4.74 Å². The van der Waals surface area contributed by atoms with Crippen LogP contribution in [0.5, 0.6) is 0 Å². The first kappa shape index (κ1) is 11.7. The van der Waals surface area contributed by atoms with Crippen molar-refractivity contribution in [3.63, 3.8) is 0 Å². The number of rotatable bonds is 4. The van der Waals surface area contributed by atoms with Gasteiger partial charge in [-0.2, -0.15) is 0 Å². The van der Waals surface area contributed by atoms with Crippen molar-refractivity contribution in [3.8, 4) is 0 Å². The number of hydrogen-bond acceptors (Lipinski definition) is 2. The van der Waals surface area contributed by atoms with Crippen molar-refractivity contribution >= 4 is 0 Å². The summed E-state index contributed by atoms with van der Waals surface area (Å²) in [7, 11) is 0. The molecule has 2 atom stereocenters. The van der Waals surface area contributed by atoms with Crippen molar-refractivity contribution in [1.29, 1.82) is 0 Å². The van der Waals surface area contributed by atoms with E-state index in [0.29, 0.717) is 6.10 Å². The quantitative estimate of drug-likeness (QED) is 0.845. The molecule has 1 aliphatic heterocycles. The molecule has 90 valence electrons. The van der Waals surface area contributed by atoms with Crippen LogP contribution in [0.15, 0.2) is 18.5 Å². The van der Waals surface area contributed by atoms with Crippen molar-refractivity contribution < 1.29 is 4.74 Å². The molecule has 1 fully saturated rings. The first-order chi connectivity index (χ1) is 7.64. The summed E-state index contributed by atoms with van der Waals surface area (Å²) in [4.78, 5) is 0. The van der Waals surface area contributed by atoms with Crippen LogP contribution in [0.4, 0.5) is 0 Å². The van der Waals surface area contributed by atoms with E-state index in [2.05, 4.69) is 49.1 Å². The molecule has 1 aromatic rings. The first-order valence-electron chi connectivity index (χ1n) is 6.15. The van der Waals surface area contributed by atoms with Crippen LogP contribution in [0.1, 0.15) is 32.8 Å². The van der Waals surface area contributed by atoms with Crippen molar-refractivity contribution in [1.82, 2.24) is 9.88 Å². The van der Waals surface area contributed by atoms with Crippen LogP contribution in [0.25, 0.3) is 0 Å². The number of aromatic nitrogens is 1. The second-order valence-electron chi connectivity index (χ2n) is 4.88. The minimum absolute atomic E-state index is 0.133. The highest BCUT2D eigenvalue weighted by molar-refractivity contribution is 5.11. The Morgan fingerprint density at radius 1 is 1.62 bits per heavy atom. The third kappa shape index (κ3) is 2.30. The lowest BCUT2D eigenvalue weighted by Crippen LogP contribution is -2.47. The van der Waals surface area contributed by atoms with Crippen molar-refractivity contribution in [2.24, 2.45) is 0 Å². The van der Waals surface area contributed by atoms with Crippen LogP contribution in [-0.2, 0) is 17.8 Å². The lowest BCUT2D eigenvalue weighted by Gasteiger charge is -2.28. The van der Waals surface area contributed by atoms with E-state index in [1.54, 1.807) is 0 Å². The summed E-state index contributed by atoms with van der Waals surface area (Å²) in [6, 6.07) is 2.18. The molecular weight excluding hydrogens is 200 g/mol. The Balaban J connectivity index is 1.91. The Morgan fingerprint density at radius 2 is 2.44 bits per heavy atom. The van der Waals surface area contributed by atoms with Crippen LogP contribution in [0.3, 0.4) is 0 Å². The molecule has 16 heavy (non-hydrogen) atoms. The zero-order valence-corrected chi connectivity index (χ0v) is 10.5. The Kier molecular flexibility index (Phi) is 3.36. The molecule has 2 unspecified atom stereocenters. The molecule has 0 amide bonds. The topological polar surface area (TPSA) is 26.2 Å². The maximum absolute atomic E-state index is 5.62. The van der Waals surface area contributed by atoms with Gasteiger partial charge in [0.05, 0.1) is 6.10 Å². The van der Waals surface area contributed by atoms with Gasteiger partial charge in [-0.25, -0.2) is 0 Å². The van der Waals surface area contributed by atoms with Gasteiger partial charge in [-0.15, -0.1) is 0 Å². The molecule has 0 spiro atoms. The molecule has 2 heterocycles. The van der Waals surface area contributed by atoms with Crippen molar-refractivity contribution in [2.75, 3.05) is 6.61 Å². The maximum atomic E-state index is 5.62. The fourth-order valence-electron chi connectivity index (χ4n) is 2.16. The second-order valence-corrected chi connectivity index (χ2v) is 4.88. The highest BCUT2D eigenvalue weighted by Gasteiger charge is 2.36. The Bertz CT molecular complexity index is 347. The number of nitrogens with one attached hydrogen (secondary N) is 1. The normalized spacial score (nSPS) is 29.8. The van der Waals surface area contributed by atoms with Crippen LogP contribution in [-0.4, -0.2) is 22.8 Å². The van der Waals surface area contributed by atoms with E-state index < -0.39 is 0 Å². The smallest absolute Gasteiger partial charge is 0.0726 e. The van der Waals surface area contributed by atoms with E-state index >= 15 is 0 Å². The molecular formula is C13H22N2O. The molecule has 1 aromatic heterocycles. The SMILES string of the molecule is CCn1ccc(CNC2(C)CCOC2C)c1. The van der Waals surface area contributed by atoms with Crippen LogP contribution in [0, 0.1) is 0 Å². The minimum atomic E-state index is 0.133. The van der Waals surface area contributed by atoms with Gasteiger partial charge in [0.25, 0.3) is 0 Å². The molecule has 0 bridgehead atoms. The van der Waals surface area contributed by atoms with Gasteiger partial charge >= 0.3 is 0 Å². The van der Waals surface area contributed by atoms with Gasteiger partial charge in [-0.05, 0) is 38.8 Å². The molecule has 0 aliphatic carbocycles. The summed E-state index contributed by atoms with van der Waals surface area (Å²) in [5, 5.41) is 3.62. The molecule has 3 nitrogen and oxygen atoms in total. The Labute approximate surface area is 97.8 Å². The van der Waals surface area contributed by atoms with E-state index in [9.17, 15) is 0 Å². The van der Waals surface area contributed by atoms with Crippen LogP contribution in [0.2, 0.25) is 0 Å². The number of aryl methyl sites for hydroxylation is 1. The van der Waals surface area contributed by atoms with Crippen LogP contribution < -0.4 is 5.32 Å². The monoisotopic (exact) mass is 222 g/mol. The molecule has 1 saturated heterocycles. The maximum Gasteiger partial charge on any atom is 0.0726 e. The van der Waals surface area contributed by atoms with Gasteiger partial charge in [-0.1, -0.05) is 0 Å². The lowest BCUT2D eigenvalue weighted by atomic mass is 9.94. The van der Waals surface area contributed by atoms with Gasteiger partial charge in [0.15, 0.2) is 0 Å². The minimum Gasteiger partial charge on any atom is -0.377 e. The summed E-state index contributed by atoms with van der Waals surface area (Å²) in [5.41, 5.74) is 1.48. The first-order valence-corrected chi connectivity index (χ1v) is 6.15. The predicted octanol–water partition coefficient (Wildman–Crippen LogP) is 2.17. The highest BCUT2D eigenvalue weighted by Crippen LogP contribution is 2.25. The fraction of sp³-hybridized carbons (Fsp3) is 0.692. The zero-order valence-electron chi connectivity index (χ0n) is 10.5. The van der Waals surface area contributed by atoms with E-state index in [1.807, 2.05) is 0 Å². The number of hydrogen-bond donors (Lipinski definition) is 1. The lowest BCUT2D eigenvalue weighted by molar-refractivity contribution is 0.0881. The van der Waals surface area contributed by atoms with Gasteiger partial charge < -0.3 is 14.6 Å². The Hall–Kier alpha value is -0.800. The number of ether oxygens (including phenoxy) is 1. The van der Waals surface area contributed by atoms with Gasteiger partial charge in [0.2, 0.25) is 0 Å². The average molecular weight is 222 g/mol. The molecule has 0 saturated carbocycles. The van der Waals surface area contributed by atoms with E-state index in [1.165, 1.54) is 5.56 Å². The molecule has 1 N–H and O–H groups in total. The second kappa shape index (κ2) is 4.60. The van der Waals surface area contributed by atoms with Gasteiger partial charge in [-0.3, -0.25) is 0 Å². The molecule has 0 radical (unpaired) electrons.